The lowest BCUT2D eigenvalue weighted by molar-refractivity contribution is -0.0158. The number of piperidine rings is 1. The van der Waals surface area contributed by atoms with E-state index in [0.717, 1.165) is 31.4 Å². The molecule has 2 aliphatic carbocycles. The first-order valence-electron chi connectivity index (χ1n) is 7.70. The molecular formula is C17H19ClFNO2. The van der Waals surface area contributed by atoms with Gasteiger partial charge < -0.3 is 14.7 Å². The number of aromatic hydroxyl groups is 1. The second-order valence-electron chi connectivity index (χ2n) is 6.92. The fourth-order valence-corrected chi connectivity index (χ4v) is 5.30. The minimum Gasteiger partial charge on any atom is -0.504 e. The van der Waals surface area contributed by atoms with E-state index in [0.29, 0.717) is 17.7 Å². The van der Waals surface area contributed by atoms with Gasteiger partial charge in [-0.1, -0.05) is 6.07 Å². The largest absolute Gasteiger partial charge is 0.504 e. The summed E-state index contributed by atoms with van der Waals surface area (Å²) in [6, 6.07) is 4.14. The third-order valence-corrected chi connectivity index (χ3v) is 6.21. The van der Waals surface area contributed by atoms with Crippen molar-refractivity contribution in [2.24, 2.45) is 5.92 Å². The number of likely N-dealkylation sites (N-methyl/N-ethyl adjacent to an activating group) is 1. The van der Waals surface area contributed by atoms with Gasteiger partial charge in [0.1, 0.15) is 5.83 Å². The summed E-state index contributed by atoms with van der Waals surface area (Å²) in [5, 5.41) is 10.2. The molecule has 0 amide bonds. The summed E-state index contributed by atoms with van der Waals surface area (Å²) in [5.41, 5.74) is 2.07. The Morgan fingerprint density at radius 1 is 1.41 bits per heavy atom. The van der Waals surface area contributed by atoms with E-state index in [9.17, 15) is 9.50 Å². The topological polar surface area (TPSA) is 32.7 Å². The van der Waals surface area contributed by atoms with Crippen LogP contribution in [0, 0.1) is 5.92 Å². The van der Waals surface area contributed by atoms with Crippen LogP contribution in [0.5, 0.6) is 11.5 Å². The van der Waals surface area contributed by atoms with E-state index in [-0.39, 0.29) is 29.4 Å². The Morgan fingerprint density at radius 2 is 2.23 bits per heavy atom. The highest BCUT2D eigenvalue weighted by Crippen LogP contribution is 2.63. The van der Waals surface area contributed by atoms with Gasteiger partial charge in [0.2, 0.25) is 0 Å². The fraction of sp³-hybridized carbons (Fsp3) is 0.529. The molecule has 4 atom stereocenters. The Labute approximate surface area is 135 Å². The van der Waals surface area contributed by atoms with Gasteiger partial charge in [-0.05, 0) is 56.5 Å². The molecule has 5 heteroatoms. The number of hydrogen-bond donors (Lipinski definition) is 1. The SMILES string of the molecule is CN1CC[C@]23c4c5ccc(O)c4OC2C(F)=CC[C@H]3[C@H]1C5.Cl. The third kappa shape index (κ3) is 1.41. The zero-order valence-corrected chi connectivity index (χ0v) is 13.2. The Kier molecular flexibility index (Phi) is 2.86. The molecule has 0 aromatic heterocycles. The van der Waals surface area contributed by atoms with Crippen molar-refractivity contribution in [3.8, 4) is 11.5 Å². The highest BCUT2D eigenvalue weighted by atomic mass is 35.5. The van der Waals surface area contributed by atoms with Gasteiger partial charge in [0, 0.05) is 17.0 Å². The number of phenols is 1. The van der Waals surface area contributed by atoms with Crippen molar-refractivity contribution in [3.05, 3.63) is 35.2 Å². The van der Waals surface area contributed by atoms with Crippen LogP contribution in [0.4, 0.5) is 4.39 Å². The number of phenolic OH excluding ortho intramolecular Hbond substituents is 1. The van der Waals surface area contributed by atoms with Crippen molar-refractivity contribution < 1.29 is 14.2 Å². The van der Waals surface area contributed by atoms with Crippen molar-refractivity contribution in [3.63, 3.8) is 0 Å². The molecule has 118 valence electrons. The molecule has 5 rings (SSSR count). The van der Waals surface area contributed by atoms with E-state index in [2.05, 4.69) is 11.9 Å². The number of rotatable bonds is 0. The minimum atomic E-state index is -0.533. The molecule has 0 radical (unpaired) electrons. The van der Waals surface area contributed by atoms with Crippen LogP contribution in [0.3, 0.4) is 0 Å². The van der Waals surface area contributed by atoms with E-state index in [1.165, 1.54) is 5.56 Å². The molecular weight excluding hydrogens is 305 g/mol. The smallest absolute Gasteiger partial charge is 0.166 e. The Hall–Kier alpha value is -1.26. The van der Waals surface area contributed by atoms with Crippen LogP contribution in [0.15, 0.2) is 24.0 Å². The number of benzene rings is 1. The van der Waals surface area contributed by atoms with E-state index < -0.39 is 6.10 Å². The van der Waals surface area contributed by atoms with Crippen LogP contribution < -0.4 is 4.74 Å². The molecule has 1 saturated heterocycles. The normalized spacial score (nSPS) is 37.7. The van der Waals surface area contributed by atoms with Gasteiger partial charge >= 0.3 is 0 Å². The summed E-state index contributed by atoms with van der Waals surface area (Å²) in [6.07, 6.45) is 3.81. The molecule has 0 saturated carbocycles. The summed E-state index contributed by atoms with van der Waals surface area (Å²) in [5.74, 6) is 0.923. The molecule has 1 N–H and O–H groups in total. The maximum atomic E-state index is 14.5. The minimum absolute atomic E-state index is 0. The number of hydrogen-bond acceptors (Lipinski definition) is 3. The van der Waals surface area contributed by atoms with Crippen molar-refractivity contribution in [2.75, 3.05) is 13.6 Å². The van der Waals surface area contributed by atoms with Crippen molar-refractivity contribution in [1.29, 1.82) is 0 Å². The van der Waals surface area contributed by atoms with E-state index in [1.807, 2.05) is 6.07 Å². The maximum absolute atomic E-state index is 14.5. The Morgan fingerprint density at radius 3 is 3.05 bits per heavy atom. The Balaban J connectivity index is 0.00000125. The predicted molar refractivity (Wildman–Crippen MR) is 83.5 cm³/mol. The van der Waals surface area contributed by atoms with Gasteiger partial charge in [-0.2, -0.15) is 0 Å². The first-order chi connectivity index (χ1) is 10.1. The second kappa shape index (κ2) is 4.39. The molecule has 2 aliphatic heterocycles. The number of halogens is 2. The van der Waals surface area contributed by atoms with Gasteiger partial charge in [-0.3, -0.25) is 0 Å². The fourth-order valence-electron chi connectivity index (χ4n) is 5.30. The first kappa shape index (κ1) is 14.3. The van der Waals surface area contributed by atoms with Gasteiger partial charge in [-0.15, -0.1) is 12.4 Å². The van der Waals surface area contributed by atoms with Crippen molar-refractivity contribution in [2.45, 2.75) is 36.8 Å². The van der Waals surface area contributed by atoms with Crippen LogP contribution in [-0.4, -0.2) is 35.7 Å². The predicted octanol–water partition coefficient (Wildman–Crippen LogP) is 2.95. The quantitative estimate of drug-likeness (QED) is 0.797. The van der Waals surface area contributed by atoms with Gasteiger partial charge in [0.15, 0.2) is 17.6 Å². The highest BCUT2D eigenvalue weighted by Gasteiger charge is 2.64. The zero-order chi connectivity index (χ0) is 14.4. The summed E-state index contributed by atoms with van der Waals surface area (Å²) >= 11 is 0. The van der Waals surface area contributed by atoms with Gasteiger partial charge in [0.05, 0.1) is 0 Å². The number of ether oxygens (including phenoxy) is 1. The van der Waals surface area contributed by atoms with E-state index in [4.69, 9.17) is 4.74 Å². The molecule has 1 spiro atoms. The average molecular weight is 324 g/mol. The molecule has 2 bridgehead atoms. The van der Waals surface area contributed by atoms with Crippen molar-refractivity contribution in [1.82, 2.24) is 4.90 Å². The lowest BCUT2D eigenvalue weighted by atomic mass is 9.53. The van der Waals surface area contributed by atoms with Crippen LogP contribution in [-0.2, 0) is 11.8 Å². The maximum Gasteiger partial charge on any atom is 0.166 e. The molecule has 1 fully saturated rings. The standard InChI is InChI=1S/C17H18FNO2.ClH/c1-19-7-6-17-10-3-4-11(18)16(17)21-15-13(20)5-2-9(14(15)17)8-12(10)19;/h2,4-5,10,12,16,20H,3,6-8H2,1H3;1H/t10-,12+,16?,17-;/m0./s1. The lowest BCUT2D eigenvalue weighted by Gasteiger charge is -2.56. The average Bonchev–Trinajstić information content (AvgIpc) is 2.83. The first-order valence-corrected chi connectivity index (χ1v) is 7.70. The zero-order valence-electron chi connectivity index (χ0n) is 12.4. The van der Waals surface area contributed by atoms with Gasteiger partial charge in [-0.25, -0.2) is 4.39 Å². The third-order valence-electron chi connectivity index (χ3n) is 6.21. The molecule has 1 aromatic rings. The van der Waals surface area contributed by atoms with Crippen molar-refractivity contribution >= 4 is 12.4 Å². The second-order valence-corrected chi connectivity index (χ2v) is 6.92. The monoisotopic (exact) mass is 323 g/mol. The van der Waals surface area contributed by atoms with Crippen LogP contribution in [0.1, 0.15) is 24.0 Å². The summed E-state index contributed by atoms with van der Waals surface area (Å²) in [7, 11) is 2.17. The molecule has 2 heterocycles. The number of likely N-dealkylation sites (tertiary alicyclic amines) is 1. The molecule has 22 heavy (non-hydrogen) atoms. The van der Waals surface area contributed by atoms with E-state index >= 15 is 0 Å². The Bertz CT molecular complexity index is 691. The molecule has 3 nitrogen and oxygen atoms in total. The summed E-state index contributed by atoms with van der Waals surface area (Å²) < 4.78 is 20.4. The molecule has 4 aliphatic rings. The number of nitrogens with zero attached hydrogens (tertiary/aromatic N) is 1. The number of allylic oxidation sites excluding steroid dienone is 1. The van der Waals surface area contributed by atoms with Crippen LogP contribution in [0.2, 0.25) is 0 Å². The van der Waals surface area contributed by atoms with E-state index in [1.54, 1.807) is 12.1 Å². The molecule has 1 unspecified atom stereocenters. The van der Waals surface area contributed by atoms with Crippen LogP contribution >= 0.6 is 12.4 Å². The van der Waals surface area contributed by atoms with Gasteiger partial charge in [0.25, 0.3) is 0 Å². The summed E-state index contributed by atoms with van der Waals surface area (Å²) in [6.45, 7) is 0.961. The lowest BCUT2D eigenvalue weighted by Crippen LogP contribution is -2.63. The summed E-state index contributed by atoms with van der Waals surface area (Å²) in [4.78, 5) is 2.41. The van der Waals surface area contributed by atoms with Crippen LogP contribution in [0.25, 0.3) is 0 Å². The highest BCUT2D eigenvalue weighted by molar-refractivity contribution is 5.85. The molecule has 1 aromatic carbocycles.